The molecule has 2 heteroatoms. The van der Waals surface area contributed by atoms with Crippen molar-refractivity contribution in [3.8, 4) is 0 Å². The van der Waals surface area contributed by atoms with Crippen LogP contribution in [0.5, 0.6) is 0 Å². The zero-order valence-corrected chi connectivity index (χ0v) is 6.12. The molecular formula is C9H9NO. The molecule has 0 aromatic carbocycles. The van der Waals surface area contributed by atoms with Crippen molar-refractivity contribution in [3.05, 3.63) is 35.5 Å². The van der Waals surface area contributed by atoms with Crippen molar-refractivity contribution >= 4 is 5.71 Å². The molecule has 0 fully saturated rings. The summed E-state index contributed by atoms with van der Waals surface area (Å²) in [5, 5.41) is 11.9. The van der Waals surface area contributed by atoms with Gasteiger partial charge in [-0.3, -0.25) is 0 Å². The molecule has 0 radical (unpaired) electrons. The fourth-order valence-electron chi connectivity index (χ4n) is 1.48. The van der Waals surface area contributed by atoms with Crippen LogP contribution in [0.3, 0.4) is 0 Å². The van der Waals surface area contributed by atoms with Gasteiger partial charge in [0.25, 0.3) is 0 Å². The van der Waals surface area contributed by atoms with E-state index in [1.54, 1.807) is 0 Å². The van der Waals surface area contributed by atoms with E-state index in [1.165, 1.54) is 11.1 Å². The van der Waals surface area contributed by atoms with Gasteiger partial charge in [0, 0.05) is 6.42 Å². The number of hydrogen-bond acceptors (Lipinski definition) is 2. The van der Waals surface area contributed by atoms with Crippen LogP contribution in [0.1, 0.15) is 12.8 Å². The van der Waals surface area contributed by atoms with Gasteiger partial charge in [-0.15, -0.1) is 0 Å². The van der Waals surface area contributed by atoms with Crippen molar-refractivity contribution in [2.45, 2.75) is 12.8 Å². The molecule has 0 unspecified atom stereocenters. The summed E-state index contributed by atoms with van der Waals surface area (Å²) >= 11 is 0. The average Bonchev–Trinajstić information content (AvgIpc) is 2.50. The van der Waals surface area contributed by atoms with E-state index in [9.17, 15) is 0 Å². The predicted octanol–water partition coefficient (Wildman–Crippen LogP) is 2.03. The molecule has 2 rings (SSSR count). The van der Waals surface area contributed by atoms with Gasteiger partial charge in [-0.25, -0.2) is 0 Å². The SMILES string of the molecule is ON=C1CC=CC2=C1CC=C2. The minimum atomic E-state index is 0.761. The van der Waals surface area contributed by atoms with Gasteiger partial charge in [0.1, 0.15) is 0 Å². The number of oxime groups is 1. The fraction of sp³-hybridized carbons (Fsp3) is 0.222. The molecule has 56 valence electrons. The van der Waals surface area contributed by atoms with E-state index in [4.69, 9.17) is 5.21 Å². The molecule has 0 aromatic rings. The van der Waals surface area contributed by atoms with Crippen LogP contribution in [0.4, 0.5) is 0 Å². The minimum absolute atomic E-state index is 0.761. The molecule has 0 saturated heterocycles. The molecule has 0 amide bonds. The topological polar surface area (TPSA) is 32.6 Å². The Morgan fingerprint density at radius 2 is 1.91 bits per heavy atom. The molecule has 2 nitrogen and oxygen atoms in total. The zero-order chi connectivity index (χ0) is 7.68. The van der Waals surface area contributed by atoms with Gasteiger partial charge >= 0.3 is 0 Å². The minimum Gasteiger partial charge on any atom is -0.411 e. The highest BCUT2D eigenvalue weighted by Crippen LogP contribution is 2.26. The van der Waals surface area contributed by atoms with Crippen LogP contribution < -0.4 is 0 Å². The van der Waals surface area contributed by atoms with Crippen molar-refractivity contribution in [2.24, 2.45) is 5.16 Å². The van der Waals surface area contributed by atoms with Gasteiger partial charge in [0.05, 0.1) is 5.71 Å². The van der Waals surface area contributed by atoms with E-state index in [2.05, 4.69) is 23.4 Å². The summed E-state index contributed by atoms with van der Waals surface area (Å²) < 4.78 is 0. The van der Waals surface area contributed by atoms with E-state index in [-0.39, 0.29) is 0 Å². The number of rotatable bonds is 0. The molecule has 1 N–H and O–H groups in total. The second kappa shape index (κ2) is 2.38. The van der Waals surface area contributed by atoms with E-state index >= 15 is 0 Å². The summed E-state index contributed by atoms with van der Waals surface area (Å²) in [6, 6.07) is 0. The van der Waals surface area contributed by atoms with Crippen molar-refractivity contribution in [3.63, 3.8) is 0 Å². The lowest BCUT2D eigenvalue weighted by molar-refractivity contribution is 0.318. The molecular weight excluding hydrogens is 138 g/mol. The largest absolute Gasteiger partial charge is 0.411 e. The Morgan fingerprint density at radius 1 is 1.18 bits per heavy atom. The number of hydrogen-bond donors (Lipinski definition) is 1. The van der Waals surface area contributed by atoms with Gasteiger partial charge < -0.3 is 5.21 Å². The first-order chi connectivity index (χ1) is 5.42. The molecule has 2 aliphatic carbocycles. The normalized spacial score (nSPS) is 24.9. The first kappa shape index (κ1) is 6.40. The second-order valence-electron chi connectivity index (χ2n) is 2.69. The summed E-state index contributed by atoms with van der Waals surface area (Å²) in [5.41, 5.74) is 3.19. The molecule has 0 saturated carbocycles. The lowest BCUT2D eigenvalue weighted by Gasteiger charge is -2.08. The fourth-order valence-corrected chi connectivity index (χ4v) is 1.48. The van der Waals surface area contributed by atoms with Crippen molar-refractivity contribution in [2.75, 3.05) is 0 Å². The van der Waals surface area contributed by atoms with E-state index in [1.807, 2.05) is 6.08 Å². The van der Waals surface area contributed by atoms with Gasteiger partial charge in [-0.2, -0.15) is 0 Å². The van der Waals surface area contributed by atoms with Gasteiger partial charge in [-0.1, -0.05) is 29.5 Å². The van der Waals surface area contributed by atoms with Crippen LogP contribution in [0, 0.1) is 0 Å². The molecule has 0 bridgehead atoms. The number of nitrogens with zero attached hydrogens (tertiary/aromatic N) is 1. The first-order valence-electron chi connectivity index (χ1n) is 3.69. The van der Waals surface area contributed by atoms with Crippen molar-refractivity contribution in [1.82, 2.24) is 0 Å². The lowest BCUT2D eigenvalue weighted by Crippen LogP contribution is -2.04. The Kier molecular flexibility index (Phi) is 1.39. The van der Waals surface area contributed by atoms with Crippen LogP contribution in [0.2, 0.25) is 0 Å². The average molecular weight is 147 g/mol. The third-order valence-corrected chi connectivity index (χ3v) is 2.05. The van der Waals surface area contributed by atoms with Crippen LogP contribution in [0.25, 0.3) is 0 Å². The van der Waals surface area contributed by atoms with Gasteiger partial charge in [-0.05, 0) is 17.6 Å². The Balaban J connectivity index is 2.43. The standard InChI is InChI=1S/C9H9NO/c11-10-9-6-2-4-7-3-1-5-8(7)9/h1-4,11H,5-6H2. The highest BCUT2D eigenvalue weighted by Gasteiger charge is 2.15. The first-order valence-corrected chi connectivity index (χ1v) is 3.69. The maximum Gasteiger partial charge on any atom is 0.0874 e. The monoisotopic (exact) mass is 147 g/mol. The molecule has 0 spiro atoms. The van der Waals surface area contributed by atoms with Gasteiger partial charge in [0.15, 0.2) is 0 Å². The van der Waals surface area contributed by atoms with Gasteiger partial charge in [0.2, 0.25) is 0 Å². The maximum atomic E-state index is 8.63. The summed E-state index contributed by atoms with van der Waals surface area (Å²) in [5.74, 6) is 0. The molecule has 0 atom stereocenters. The number of allylic oxidation sites excluding steroid dienone is 6. The Bertz CT molecular complexity index is 295. The van der Waals surface area contributed by atoms with E-state index < -0.39 is 0 Å². The second-order valence-corrected chi connectivity index (χ2v) is 2.69. The molecule has 2 aliphatic rings. The smallest absolute Gasteiger partial charge is 0.0874 e. The van der Waals surface area contributed by atoms with Crippen LogP contribution in [-0.2, 0) is 0 Å². The van der Waals surface area contributed by atoms with Crippen LogP contribution in [0.15, 0.2) is 40.6 Å². The summed E-state index contributed by atoms with van der Waals surface area (Å²) in [4.78, 5) is 0. The quantitative estimate of drug-likeness (QED) is 0.412. The third kappa shape index (κ3) is 0.909. The Morgan fingerprint density at radius 3 is 2.64 bits per heavy atom. The van der Waals surface area contributed by atoms with Crippen molar-refractivity contribution < 1.29 is 5.21 Å². The van der Waals surface area contributed by atoms with E-state index in [0.717, 1.165) is 18.6 Å². The molecule has 0 heterocycles. The maximum absolute atomic E-state index is 8.63. The van der Waals surface area contributed by atoms with Crippen LogP contribution >= 0.6 is 0 Å². The van der Waals surface area contributed by atoms with Crippen molar-refractivity contribution in [1.29, 1.82) is 0 Å². The summed E-state index contributed by atoms with van der Waals surface area (Å²) in [6.07, 6.45) is 9.93. The summed E-state index contributed by atoms with van der Waals surface area (Å²) in [6.45, 7) is 0. The Labute approximate surface area is 65.2 Å². The molecule has 0 aromatic heterocycles. The zero-order valence-electron chi connectivity index (χ0n) is 6.12. The lowest BCUT2D eigenvalue weighted by atomic mass is 9.98. The predicted molar refractivity (Wildman–Crippen MR) is 43.8 cm³/mol. The van der Waals surface area contributed by atoms with Crippen LogP contribution in [-0.4, -0.2) is 10.9 Å². The summed E-state index contributed by atoms with van der Waals surface area (Å²) in [7, 11) is 0. The third-order valence-electron chi connectivity index (χ3n) is 2.05. The molecule has 11 heavy (non-hydrogen) atoms. The molecule has 0 aliphatic heterocycles. The highest BCUT2D eigenvalue weighted by molar-refractivity contribution is 6.04. The Hall–Kier alpha value is -1.31. The highest BCUT2D eigenvalue weighted by atomic mass is 16.4. The van der Waals surface area contributed by atoms with E-state index in [0.29, 0.717) is 0 Å².